The van der Waals surface area contributed by atoms with Gasteiger partial charge in [-0.1, -0.05) is 15.9 Å². The summed E-state index contributed by atoms with van der Waals surface area (Å²) >= 11 is 3.32. The number of esters is 1. The molecule has 2 aromatic rings. The van der Waals surface area contributed by atoms with Gasteiger partial charge in [-0.15, -0.1) is 0 Å². The van der Waals surface area contributed by atoms with Gasteiger partial charge in [-0.3, -0.25) is 9.59 Å². The molecule has 19 heavy (non-hydrogen) atoms. The van der Waals surface area contributed by atoms with Crippen LogP contribution in [0.4, 0.5) is 0 Å². The number of halogens is 1. The Hall–Kier alpha value is -1.94. The molecule has 3 nitrogen and oxygen atoms in total. The molecule has 0 saturated carbocycles. The van der Waals surface area contributed by atoms with Crippen molar-refractivity contribution < 1.29 is 14.3 Å². The van der Waals surface area contributed by atoms with Crippen molar-refractivity contribution in [1.29, 1.82) is 0 Å². The topological polar surface area (TPSA) is 43.4 Å². The first-order valence-corrected chi connectivity index (χ1v) is 6.44. The lowest BCUT2D eigenvalue weighted by Gasteiger charge is -2.04. The van der Waals surface area contributed by atoms with Gasteiger partial charge in [-0.2, -0.15) is 0 Å². The third-order valence-electron chi connectivity index (χ3n) is 2.48. The Kier molecular flexibility index (Phi) is 4.12. The van der Waals surface area contributed by atoms with Crippen LogP contribution in [0, 0.1) is 0 Å². The second-order valence-corrected chi connectivity index (χ2v) is 4.87. The van der Waals surface area contributed by atoms with Crippen LogP contribution in [0.25, 0.3) is 0 Å². The second-order valence-electron chi connectivity index (χ2n) is 3.95. The summed E-state index contributed by atoms with van der Waals surface area (Å²) in [5.74, 6) is -0.0197. The molecular formula is C15H11BrO3. The van der Waals surface area contributed by atoms with Crippen LogP contribution in [0.2, 0.25) is 0 Å². The minimum Gasteiger partial charge on any atom is -0.427 e. The first-order chi connectivity index (χ1) is 9.06. The van der Waals surface area contributed by atoms with Gasteiger partial charge in [0.05, 0.1) is 0 Å². The molecule has 0 heterocycles. The maximum Gasteiger partial charge on any atom is 0.308 e. The number of hydrogen-bond acceptors (Lipinski definition) is 3. The van der Waals surface area contributed by atoms with E-state index in [1.807, 2.05) is 12.1 Å². The summed E-state index contributed by atoms with van der Waals surface area (Å²) in [5.41, 5.74) is 1.17. The van der Waals surface area contributed by atoms with Gasteiger partial charge in [0.15, 0.2) is 5.78 Å². The van der Waals surface area contributed by atoms with Crippen LogP contribution < -0.4 is 4.74 Å². The first kappa shape index (κ1) is 13.5. The molecule has 2 rings (SSSR count). The maximum atomic E-state index is 12.2. The van der Waals surface area contributed by atoms with Gasteiger partial charge >= 0.3 is 5.97 Å². The highest BCUT2D eigenvalue weighted by Crippen LogP contribution is 2.17. The number of ether oxygens (including phenoxy) is 1. The SMILES string of the molecule is CC(=O)Oc1ccc(C(=O)c2ccc(Br)cc2)cc1. The van der Waals surface area contributed by atoms with E-state index in [9.17, 15) is 9.59 Å². The van der Waals surface area contributed by atoms with Crippen molar-refractivity contribution in [2.75, 3.05) is 0 Å². The molecule has 0 saturated heterocycles. The summed E-state index contributed by atoms with van der Waals surface area (Å²) in [5, 5.41) is 0. The quantitative estimate of drug-likeness (QED) is 0.493. The third kappa shape index (κ3) is 3.51. The van der Waals surface area contributed by atoms with Gasteiger partial charge in [-0.25, -0.2) is 0 Å². The number of carbonyl (C=O) groups excluding carboxylic acids is 2. The molecule has 0 aliphatic rings. The van der Waals surface area contributed by atoms with E-state index in [1.54, 1.807) is 36.4 Å². The Bertz CT molecular complexity index is 600. The largest absolute Gasteiger partial charge is 0.427 e. The Labute approximate surface area is 119 Å². The van der Waals surface area contributed by atoms with E-state index in [0.717, 1.165) is 4.47 Å². The lowest BCUT2D eigenvalue weighted by Crippen LogP contribution is -2.03. The fourth-order valence-electron chi connectivity index (χ4n) is 1.61. The summed E-state index contributed by atoms with van der Waals surface area (Å²) in [6.07, 6.45) is 0. The lowest BCUT2D eigenvalue weighted by atomic mass is 10.0. The highest BCUT2D eigenvalue weighted by Gasteiger charge is 2.09. The number of carbonyl (C=O) groups is 2. The van der Waals surface area contributed by atoms with E-state index in [4.69, 9.17) is 4.74 Å². The molecule has 0 N–H and O–H groups in total. The van der Waals surface area contributed by atoms with Crippen LogP contribution in [-0.4, -0.2) is 11.8 Å². The van der Waals surface area contributed by atoms with Crippen molar-refractivity contribution in [2.24, 2.45) is 0 Å². The van der Waals surface area contributed by atoms with Crippen LogP contribution >= 0.6 is 15.9 Å². The molecule has 4 heteroatoms. The zero-order valence-electron chi connectivity index (χ0n) is 10.2. The zero-order valence-corrected chi connectivity index (χ0v) is 11.8. The first-order valence-electron chi connectivity index (χ1n) is 5.65. The zero-order chi connectivity index (χ0) is 13.8. The van der Waals surface area contributed by atoms with E-state index in [1.165, 1.54) is 6.92 Å². The van der Waals surface area contributed by atoms with Gasteiger partial charge in [0.1, 0.15) is 5.75 Å². The van der Waals surface area contributed by atoms with Crippen molar-refractivity contribution in [2.45, 2.75) is 6.92 Å². The molecule has 0 amide bonds. The predicted octanol–water partition coefficient (Wildman–Crippen LogP) is 3.61. The van der Waals surface area contributed by atoms with E-state index < -0.39 is 0 Å². The molecule has 0 aromatic heterocycles. The molecule has 96 valence electrons. The van der Waals surface area contributed by atoms with E-state index in [2.05, 4.69) is 15.9 Å². The van der Waals surface area contributed by atoms with Gasteiger partial charge < -0.3 is 4.74 Å². The standard InChI is InChI=1S/C15H11BrO3/c1-10(17)19-14-8-4-12(5-9-14)15(18)11-2-6-13(16)7-3-11/h2-9H,1H3. The molecule has 0 atom stereocenters. The van der Waals surface area contributed by atoms with Gasteiger partial charge in [0.25, 0.3) is 0 Å². The van der Waals surface area contributed by atoms with Crippen molar-refractivity contribution in [1.82, 2.24) is 0 Å². The third-order valence-corrected chi connectivity index (χ3v) is 3.01. The summed E-state index contributed by atoms with van der Waals surface area (Å²) in [7, 11) is 0. The highest BCUT2D eigenvalue weighted by atomic mass is 79.9. The average molecular weight is 319 g/mol. The smallest absolute Gasteiger partial charge is 0.308 e. The molecule has 0 bridgehead atoms. The Morgan fingerprint density at radius 1 is 0.895 bits per heavy atom. The van der Waals surface area contributed by atoms with Crippen molar-refractivity contribution in [3.63, 3.8) is 0 Å². The molecule has 0 unspecified atom stereocenters. The van der Waals surface area contributed by atoms with Crippen molar-refractivity contribution >= 4 is 27.7 Å². The normalized spacial score (nSPS) is 10.0. The molecule has 0 aliphatic carbocycles. The van der Waals surface area contributed by atoms with E-state index >= 15 is 0 Å². The summed E-state index contributed by atoms with van der Waals surface area (Å²) in [6, 6.07) is 13.6. The van der Waals surface area contributed by atoms with Crippen LogP contribution in [0.15, 0.2) is 53.0 Å². The minimum absolute atomic E-state index is 0.0677. The Balaban J connectivity index is 2.20. The molecule has 0 radical (unpaired) electrons. The van der Waals surface area contributed by atoms with Crippen LogP contribution in [-0.2, 0) is 4.79 Å². The fraction of sp³-hybridized carbons (Fsp3) is 0.0667. The number of benzene rings is 2. The summed E-state index contributed by atoms with van der Waals surface area (Å²) in [4.78, 5) is 23.0. The van der Waals surface area contributed by atoms with Gasteiger partial charge in [-0.05, 0) is 48.5 Å². The molecule has 0 fully saturated rings. The highest BCUT2D eigenvalue weighted by molar-refractivity contribution is 9.10. The number of hydrogen-bond donors (Lipinski definition) is 0. The number of ketones is 1. The van der Waals surface area contributed by atoms with Gasteiger partial charge in [0, 0.05) is 22.5 Å². The number of rotatable bonds is 3. The Morgan fingerprint density at radius 2 is 1.37 bits per heavy atom. The second kappa shape index (κ2) is 5.80. The van der Waals surface area contributed by atoms with Crippen molar-refractivity contribution in [3.8, 4) is 5.75 Å². The lowest BCUT2D eigenvalue weighted by molar-refractivity contribution is -0.131. The Morgan fingerprint density at radius 3 is 1.84 bits per heavy atom. The molecule has 0 aliphatic heterocycles. The molecule has 2 aromatic carbocycles. The summed E-state index contributed by atoms with van der Waals surface area (Å²) < 4.78 is 5.84. The van der Waals surface area contributed by atoms with E-state index in [-0.39, 0.29) is 11.8 Å². The van der Waals surface area contributed by atoms with Gasteiger partial charge in [0.2, 0.25) is 0 Å². The average Bonchev–Trinajstić information content (AvgIpc) is 2.39. The molecule has 0 spiro atoms. The maximum absolute atomic E-state index is 12.2. The predicted molar refractivity (Wildman–Crippen MR) is 75.3 cm³/mol. The monoisotopic (exact) mass is 318 g/mol. The van der Waals surface area contributed by atoms with Crippen molar-refractivity contribution in [3.05, 3.63) is 64.1 Å². The fourth-order valence-corrected chi connectivity index (χ4v) is 1.87. The van der Waals surface area contributed by atoms with Crippen LogP contribution in [0.5, 0.6) is 5.75 Å². The summed E-state index contributed by atoms with van der Waals surface area (Å²) in [6.45, 7) is 1.33. The van der Waals surface area contributed by atoms with Crippen LogP contribution in [0.3, 0.4) is 0 Å². The van der Waals surface area contributed by atoms with Crippen LogP contribution in [0.1, 0.15) is 22.8 Å². The molecular weight excluding hydrogens is 308 g/mol. The van der Waals surface area contributed by atoms with E-state index in [0.29, 0.717) is 16.9 Å². The minimum atomic E-state index is -0.382.